The maximum absolute atomic E-state index is 13.8. The van der Waals surface area contributed by atoms with Gasteiger partial charge in [0.05, 0.1) is 6.54 Å². The first-order valence-corrected chi connectivity index (χ1v) is 7.72. The predicted molar refractivity (Wildman–Crippen MR) is 86.2 cm³/mol. The fourth-order valence-electron chi connectivity index (χ4n) is 2.57. The van der Waals surface area contributed by atoms with Crippen LogP contribution in [0.2, 0.25) is 5.02 Å². The van der Waals surface area contributed by atoms with E-state index in [2.05, 4.69) is 38.4 Å². The standard InChI is InChI=1S/C17H22ClFN2/c1-4-20-17(12(2)3)13-8-9-21(10-13)11-14-15(18)6-5-7-16(14)19/h5-10,12,17,20H,4,11H2,1-3H3. The van der Waals surface area contributed by atoms with Gasteiger partial charge in [0, 0.05) is 29.0 Å². The van der Waals surface area contributed by atoms with Gasteiger partial charge in [0.1, 0.15) is 5.82 Å². The van der Waals surface area contributed by atoms with Crippen molar-refractivity contribution in [3.8, 4) is 0 Å². The molecule has 1 aromatic carbocycles. The molecule has 2 aromatic rings. The molecule has 2 rings (SSSR count). The zero-order valence-corrected chi connectivity index (χ0v) is 13.5. The summed E-state index contributed by atoms with van der Waals surface area (Å²) in [7, 11) is 0. The molecular formula is C17H22ClFN2. The average molecular weight is 309 g/mol. The van der Waals surface area contributed by atoms with E-state index in [4.69, 9.17) is 11.6 Å². The fourth-order valence-corrected chi connectivity index (χ4v) is 2.79. The van der Waals surface area contributed by atoms with Gasteiger partial charge in [0.15, 0.2) is 0 Å². The van der Waals surface area contributed by atoms with Crippen molar-refractivity contribution in [1.82, 2.24) is 9.88 Å². The van der Waals surface area contributed by atoms with Crippen LogP contribution >= 0.6 is 11.6 Å². The van der Waals surface area contributed by atoms with Gasteiger partial charge in [-0.25, -0.2) is 4.39 Å². The van der Waals surface area contributed by atoms with Gasteiger partial charge in [-0.15, -0.1) is 0 Å². The molecule has 1 N–H and O–H groups in total. The lowest BCUT2D eigenvalue weighted by Crippen LogP contribution is -2.25. The van der Waals surface area contributed by atoms with E-state index in [-0.39, 0.29) is 5.82 Å². The van der Waals surface area contributed by atoms with Crippen molar-refractivity contribution in [3.63, 3.8) is 0 Å². The summed E-state index contributed by atoms with van der Waals surface area (Å²) in [6, 6.07) is 7.19. The molecule has 0 saturated carbocycles. The van der Waals surface area contributed by atoms with Gasteiger partial charge in [-0.1, -0.05) is 38.4 Å². The topological polar surface area (TPSA) is 17.0 Å². The number of benzene rings is 1. The summed E-state index contributed by atoms with van der Waals surface area (Å²) in [6.07, 6.45) is 4.04. The number of nitrogens with zero attached hydrogens (tertiary/aromatic N) is 1. The van der Waals surface area contributed by atoms with Gasteiger partial charge in [-0.05, 0) is 36.2 Å². The molecule has 0 aliphatic rings. The monoisotopic (exact) mass is 308 g/mol. The largest absolute Gasteiger partial charge is 0.349 e. The highest BCUT2D eigenvalue weighted by Crippen LogP contribution is 2.24. The summed E-state index contributed by atoms with van der Waals surface area (Å²) in [5.41, 5.74) is 1.75. The van der Waals surface area contributed by atoms with Crippen LogP contribution in [0.15, 0.2) is 36.7 Å². The molecule has 0 spiro atoms. The zero-order chi connectivity index (χ0) is 15.4. The second-order valence-electron chi connectivity index (χ2n) is 5.60. The lowest BCUT2D eigenvalue weighted by Gasteiger charge is -2.20. The summed E-state index contributed by atoms with van der Waals surface area (Å²) in [6.45, 7) is 7.86. The van der Waals surface area contributed by atoms with E-state index >= 15 is 0 Å². The average Bonchev–Trinajstić information content (AvgIpc) is 2.88. The summed E-state index contributed by atoms with van der Waals surface area (Å²) in [5.74, 6) is 0.239. The minimum Gasteiger partial charge on any atom is -0.349 e. The maximum Gasteiger partial charge on any atom is 0.129 e. The Morgan fingerprint density at radius 2 is 2.05 bits per heavy atom. The molecule has 0 saturated heterocycles. The Labute approximate surface area is 130 Å². The minimum atomic E-state index is -0.259. The highest BCUT2D eigenvalue weighted by Gasteiger charge is 2.16. The van der Waals surface area contributed by atoms with Crippen molar-refractivity contribution in [2.24, 2.45) is 5.92 Å². The third-order valence-corrected chi connectivity index (χ3v) is 3.98. The Morgan fingerprint density at radius 3 is 2.67 bits per heavy atom. The van der Waals surface area contributed by atoms with Crippen molar-refractivity contribution in [1.29, 1.82) is 0 Å². The van der Waals surface area contributed by atoms with Crippen molar-refractivity contribution in [2.75, 3.05) is 6.54 Å². The molecule has 0 bridgehead atoms. The van der Waals surface area contributed by atoms with Gasteiger partial charge in [-0.2, -0.15) is 0 Å². The van der Waals surface area contributed by atoms with Gasteiger partial charge >= 0.3 is 0 Å². The first kappa shape index (κ1) is 16.1. The molecular weight excluding hydrogens is 287 g/mol. The number of rotatable bonds is 6. The molecule has 1 aromatic heterocycles. The Bertz CT molecular complexity index is 572. The van der Waals surface area contributed by atoms with Crippen molar-refractivity contribution in [2.45, 2.75) is 33.4 Å². The van der Waals surface area contributed by atoms with Gasteiger partial charge < -0.3 is 9.88 Å². The van der Waals surface area contributed by atoms with Crippen LogP contribution in [-0.2, 0) is 6.54 Å². The van der Waals surface area contributed by atoms with E-state index in [0.29, 0.717) is 29.1 Å². The molecule has 4 heteroatoms. The van der Waals surface area contributed by atoms with E-state index in [9.17, 15) is 4.39 Å². The summed E-state index contributed by atoms with van der Waals surface area (Å²) < 4.78 is 15.8. The van der Waals surface area contributed by atoms with Crippen molar-refractivity contribution in [3.05, 3.63) is 58.6 Å². The highest BCUT2D eigenvalue weighted by molar-refractivity contribution is 6.31. The normalized spacial score (nSPS) is 12.9. The third-order valence-electron chi connectivity index (χ3n) is 3.63. The molecule has 114 valence electrons. The van der Waals surface area contributed by atoms with Crippen LogP contribution in [0.3, 0.4) is 0 Å². The van der Waals surface area contributed by atoms with Crippen LogP contribution < -0.4 is 5.32 Å². The maximum atomic E-state index is 13.8. The number of halogens is 2. The molecule has 0 aliphatic heterocycles. The molecule has 0 radical (unpaired) electrons. The number of hydrogen-bond acceptors (Lipinski definition) is 1. The Balaban J connectivity index is 2.20. The molecule has 1 atom stereocenters. The van der Waals surface area contributed by atoms with Gasteiger partial charge in [0.2, 0.25) is 0 Å². The number of aromatic nitrogens is 1. The molecule has 1 heterocycles. The predicted octanol–water partition coefficient (Wildman–Crippen LogP) is 4.64. The zero-order valence-electron chi connectivity index (χ0n) is 12.7. The smallest absolute Gasteiger partial charge is 0.129 e. The molecule has 1 unspecified atom stereocenters. The second kappa shape index (κ2) is 7.10. The summed E-state index contributed by atoms with van der Waals surface area (Å²) in [5, 5.41) is 3.95. The quantitative estimate of drug-likeness (QED) is 0.823. The van der Waals surface area contributed by atoms with E-state index in [1.807, 2.05) is 10.8 Å². The first-order valence-electron chi connectivity index (χ1n) is 7.34. The van der Waals surface area contributed by atoms with Gasteiger partial charge in [0.25, 0.3) is 0 Å². The first-order chi connectivity index (χ1) is 10.0. The van der Waals surface area contributed by atoms with Crippen molar-refractivity contribution < 1.29 is 4.39 Å². The summed E-state index contributed by atoms with van der Waals surface area (Å²) >= 11 is 6.08. The van der Waals surface area contributed by atoms with E-state index in [1.165, 1.54) is 11.6 Å². The lowest BCUT2D eigenvalue weighted by atomic mass is 9.98. The van der Waals surface area contributed by atoms with Crippen LogP contribution in [0.25, 0.3) is 0 Å². The van der Waals surface area contributed by atoms with Crippen molar-refractivity contribution >= 4 is 11.6 Å². The minimum absolute atomic E-state index is 0.259. The SMILES string of the molecule is CCNC(c1ccn(Cc2c(F)cccc2Cl)c1)C(C)C. The molecule has 0 aliphatic carbocycles. The van der Waals surface area contributed by atoms with Crippen LogP contribution in [-0.4, -0.2) is 11.1 Å². The lowest BCUT2D eigenvalue weighted by molar-refractivity contribution is 0.421. The Kier molecular flexibility index (Phi) is 5.43. The van der Waals surface area contributed by atoms with E-state index in [1.54, 1.807) is 12.1 Å². The van der Waals surface area contributed by atoms with Crippen LogP contribution in [0.4, 0.5) is 4.39 Å². The van der Waals surface area contributed by atoms with E-state index < -0.39 is 0 Å². The Hall–Kier alpha value is -1.32. The molecule has 0 fully saturated rings. The summed E-state index contributed by atoms with van der Waals surface area (Å²) in [4.78, 5) is 0. The Morgan fingerprint density at radius 1 is 1.29 bits per heavy atom. The van der Waals surface area contributed by atoms with Crippen LogP contribution in [0.1, 0.15) is 37.9 Å². The molecule has 2 nitrogen and oxygen atoms in total. The second-order valence-corrected chi connectivity index (χ2v) is 6.00. The van der Waals surface area contributed by atoms with Crippen LogP contribution in [0, 0.1) is 11.7 Å². The number of hydrogen-bond donors (Lipinski definition) is 1. The number of nitrogens with one attached hydrogen (secondary N) is 1. The third kappa shape index (κ3) is 3.86. The van der Waals surface area contributed by atoms with Crippen LogP contribution in [0.5, 0.6) is 0 Å². The van der Waals surface area contributed by atoms with Gasteiger partial charge in [-0.3, -0.25) is 0 Å². The van der Waals surface area contributed by atoms with E-state index in [0.717, 1.165) is 6.54 Å². The molecule has 21 heavy (non-hydrogen) atoms. The fraction of sp³-hybridized carbons (Fsp3) is 0.412. The highest BCUT2D eigenvalue weighted by atomic mass is 35.5. The molecule has 0 amide bonds.